The Morgan fingerprint density at radius 1 is 1.17 bits per heavy atom. The van der Waals surface area contributed by atoms with Crippen molar-refractivity contribution in [2.45, 2.75) is 39.3 Å². The number of carbonyl (C=O) groups excluding carboxylic acids is 2. The summed E-state index contributed by atoms with van der Waals surface area (Å²) in [5.74, 6) is -1.59. The second-order valence-electron chi connectivity index (χ2n) is 8.02. The maximum absolute atomic E-state index is 13.4. The van der Waals surface area contributed by atoms with E-state index in [9.17, 15) is 32.5 Å². The average Bonchev–Trinajstić information content (AvgIpc) is 2.81. The molecule has 0 saturated heterocycles. The first-order chi connectivity index (χ1) is 16.4. The van der Waals surface area contributed by atoms with Crippen LogP contribution in [0, 0.1) is 15.9 Å². The highest BCUT2D eigenvalue weighted by molar-refractivity contribution is 7.92. The van der Waals surface area contributed by atoms with Crippen LogP contribution in [0.15, 0.2) is 48.5 Å². The van der Waals surface area contributed by atoms with Crippen LogP contribution in [0.4, 0.5) is 15.8 Å². The highest BCUT2D eigenvalue weighted by Crippen LogP contribution is 2.24. The molecule has 1 N–H and O–H groups in total. The standard InChI is InChI=1S/C23H29FN4O6S/c1-4-5-13-25-23(30)17(2)26(15-18-9-11-19(24)12-10-18)22(29)16-27(35(3,33)34)20-7-6-8-21(14-20)28(31)32/h6-12,14,17H,4-5,13,15-16H2,1-3H3,(H,25,30)/t17-/m1/s1. The van der Waals surface area contributed by atoms with Crippen molar-refractivity contribution in [1.82, 2.24) is 10.2 Å². The average molecular weight is 509 g/mol. The second kappa shape index (κ2) is 12.2. The minimum absolute atomic E-state index is 0.0585. The van der Waals surface area contributed by atoms with Crippen molar-refractivity contribution in [1.29, 1.82) is 0 Å². The molecule has 2 aromatic rings. The molecular formula is C23H29FN4O6S. The molecule has 190 valence electrons. The molecule has 0 bridgehead atoms. The van der Waals surface area contributed by atoms with Crippen LogP contribution < -0.4 is 9.62 Å². The SMILES string of the molecule is CCCCNC(=O)[C@@H](C)N(Cc1ccc(F)cc1)C(=O)CN(c1cccc([N+](=O)[O-])c1)S(C)(=O)=O. The van der Waals surface area contributed by atoms with Gasteiger partial charge in [0, 0.05) is 25.2 Å². The molecule has 12 heteroatoms. The third-order valence-electron chi connectivity index (χ3n) is 5.27. The van der Waals surface area contributed by atoms with Crippen LogP contribution in [0.3, 0.4) is 0 Å². The van der Waals surface area contributed by atoms with E-state index >= 15 is 0 Å². The summed E-state index contributed by atoms with van der Waals surface area (Å²) in [6.45, 7) is 3.14. The Kier molecular flexibility index (Phi) is 9.69. The number of nitrogens with one attached hydrogen (secondary N) is 1. The third kappa shape index (κ3) is 8.02. The van der Waals surface area contributed by atoms with E-state index in [0.29, 0.717) is 12.1 Å². The van der Waals surface area contributed by atoms with E-state index < -0.39 is 45.2 Å². The number of non-ortho nitro benzene ring substituents is 1. The molecule has 0 aromatic heterocycles. The van der Waals surface area contributed by atoms with Crippen LogP contribution in [0.25, 0.3) is 0 Å². The van der Waals surface area contributed by atoms with E-state index in [1.807, 2.05) is 6.92 Å². The number of rotatable bonds is 12. The lowest BCUT2D eigenvalue weighted by Gasteiger charge is -2.31. The van der Waals surface area contributed by atoms with E-state index in [1.165, 1.54) is 54.3 Å². The molecule has 0 radical (unpaired) electrons. The normalized spacial score (nSPS) is 12.0. The van der Waals surface area contributed by atoms with Crippen molar-refractivity contribution in [3.8, 4) is 0 Å². The summed E-state index contributed by atoms with van der Waals surface area (Å²) in [7, 11) is -4.02. The van der Waals surface area contributed by atoms with Gasteiger partial charge in [0.1, 0.15) is 18.4 Å². The quantitative estimate of drug-likeness (QED) is 0.267. The number of nitrogens with zero attached hydrogens (tertiary/aromatic N) is 3. The van der Waals surface area contributed by atoms with E-state index in [-0.39, 0.29) is 17.9 Å². The van der Waals surface area contributed by atoms with Crippen molar-refractivity contribution in [2.75, 3.05) is 23.7 Å². The van der Waals surface area contributed by atoms with E-state index in [4.69, 9.17) is 0 Å². The number of nitro groups is 1. The molecule has 0 saturated carbocycles. The first-order valence-electron chi connectivity index (χ1n) is 11.0. The Bertz CT molecular complexity index is 1160. The van der Waals surface area contributed by atoms with Gasteiger partial charge in [-0.15, -0.1) is 0 Å². The highest BCUT2D eigenvalue weighted by atomic mass is 32.2. The lowest BCUT2D eigenvalue weighted by molar-refractivity contribution is -0.384. The Hall–Kier alpha value is -3.54. The molecule has 0 aliphatic rings. The Labute approximate surface area is 203 Å². The summed E-state index contributed by atoms with van der Waals surface area (Å²) in [4.78, 5) is 37.8. The number of nitro benzene ring substituents is 1. The maximum Gasteiger partial charge on any atom is 0.271 e. The minimum atomic E-state index is -4.02. The summed E-state index contributed by atoms with van der Waals surface area (Å²) in [6, 6.07) is 9.32. The molecular weight excluding hydrogens is 479 g/mol. The summed E-state index contributed by atoms with van der Waals surface area (Å²) < 4.78 is 39.1. The van der Waals surface area contributed by atoms with Gasteiger partial charge in [-0.1, -0.05) is 31.5 Å². The predicted octanol–water partition coefficient (Wildman–Crippen LogP) is 2.83. The van der Waals surface area contributed by atoms with Crippen molar-refractivity contribution in [3.05, 3.63) is 70.0 Å². The summed E-state index contributed by atoms with van der Waals surface area (Å²) in [5, 5.41) is 13.9. The molecule has 0 spiro atoms. The second-order valence-corrected chi connectivity index (χ2v) is 9.92. The fraction of sp³-hybridized carbons (Fsp3) is 0.391. The van der Waals surface area contributed by atoms with E-state index in [0.717, 1.165) is 29.5 Å². The lowest BCUT2D eigenvalue weighted by atomic mass is 10.1. The zero-order valence-electron chi connectivity index (χ0n) is 19.8. The molecule has 0 unspecified atom stereocenters. The van der Waals surface area contributed by atoms with Crippen LogP contribution in [0.5, 0.6) is 0 Å². The summed E-state index contributed by atoms with van der Waals surface area (Å²) in [6.07, 6.45) is 2.49. The molecule has 2 aromatic carbocycles. The zero-order chi connectivity index (χ0) is 26.2. The number of halogens is 1. The Balaban J connectivity index is 2.38. The third-order valence-corrected chi connectivity index (χ3v) is 6.41. The molecule has 35 heavy (non-hydrogen) atoms. The molecule has 2 amide bonds. The van der Waals surface area contributed by atoms with E-state index in [1.54, 1.807) is 0 Å². The van der Waals surface area contributed by atoms with Gasteiger partial charge in [-0.2, -0.15) is 0 Å². The topological polar surface area (TPSA) is 130 Å². The zero-order valence-corrected chi connectivity index (χ0v) is 20.6. The molecule has 10 nitrogen and oxygen atoms in total. The first kappa shape index (κ1) is 27.7. The number of amides is 2. The van der Waals surface area contributed by atoms with Crippen LogP contribution in [-0.4, -0.2) is 55.4 Å². The largest absolute Gasteiger partial charge is 0.354 e. The van der Waals surface area contributed by atoms with Crippen LogP contribution >= 0.6 is 0 Å². The van der Waals surface area contributed by atoms with Crippen molar-refractivity contribution in [2.24, 2.45) is 0 Å². The first-order valence-corrected chi connectivity index (χ1v) is 12.8. The Morgan fingerprint density at radius 3 is 2.40 bits per heavy atom. The Morgan fingerprint density at radius 2 is 1.83 bits per heavy atom. The molecule has 2 rings (SSSR count). The number of anilines is 1. The van der Waals surface area contributed by atoms with Gasteiger partial charge in [0.15, 0.2) is 0 Å². The van der Waals surface area contributed by atoms with Gasteiger partial charge in [-0.05, 0) is 37.1 Å². The van der Waals surface area contributed by atoms with Crippen LogP contribution in [0.1, 0.15) is 32.3 Å². The maximum atomic E-state index is 13.4. The fourth-order valence-electron chi connectivity index (χ4n) is 3.28. The number of hydrogen-bond donors (Lipinski definition) is 1. The van der Waals surface area contributed by atoms with Crippen molar-refractivity contribution >= 4 is 33.2 Å². The number of carbonyl (C=O) groups is 2. The van der Waals surface area contributed by atoms with Gasteiger partial charge >= 0.3 is 0 Å². The van der Waals surface area contributed by atoms with Crippen LogP contribution in [0.2, 0.25) is 0 Å². The van der Waals surface area contributed by atoms with Crippen LogP contribution in [-0.2, 0) is 26.2 Å². The van der Waals surface area contributed by atoms with Gasteiger partial charge in [-0.25, -0.2) is 12.8 Å². The molecule has 1 atom stereocenters. The minimum Gasteiger partial charge on any atom is -0.354 e. The van der Waals surface area contributed by atoms with Gasteiger partial charge in [-0.3, -0.25) is 24.0 Å². The summed E-state index contributed by atoms with van der Waals surface area (Å²) in [5.41, 5.74) is 0.140. The smallest absolute Gasteiger partial charge is 0.271 e. The van der Waals surface area contributed by atoms with Gasteiger partial charge in [0.2, 0.25) is 21.8 Å². The number of unbranched alkanes of at least 4 members (excludes halogenated alkanes) is 1. The molecule has 0 aliphatic carbocycles. The number of benzene rings is 2. The van der Waals surface area contributed by atoms with Crippen molar-refractivity contribution in [3.63, 3.8) is 0 Å². The molecule has 0 heterocycles. The van der Waals surface area contributed by atoms with Gasteiger partial charge < -0.3 is 10.2 Å². The van der Waals surface area contributed by atoms with Crippen molar-refractivity contribution < 1.29 is 27.3 Å². The predicted molar refractivity (Wildman–Crippen MR) is 130 cm³/mol. The summed E-state index contributed by atoms with van der Waals surface area (Å²) >= 11 is 0. The van der Waals surface area contributed by atoms with E-state index in [2.05, 4.69) is 5.32 Å². The lowest BCUT2D eigenvalue weighted by Crippen LogP contribution is -2.51. The fourth-order valence-corrected chi connectivity index (χ4v) is 4.12. The van der Waals surface area contributed by atoms with Gasteiger partial charge in [0.25, 0.3) is 5.69 Å². The number of hydrogen-bond acceptors (Lipinski definition) is 6. The molecule has 0 aliphatic heterocycles. The highest BCUT2D eigenvalue weighted by Gasteiger charge is 2.30. The monoisotopic (exact) mass is 508 g/mol. The van der Waals surface area contributed by atoms with Gasteiger partial charge in [0.05, 0.1) is 16.9 Å². The molecule has 0 fully saturated rings. The number of sulfonamides is 1.